The number of nitrogens with zero attached hydrogens (tertiary/aromatic N) is 1. The van der Waals surface area contributed by atoms with Gasteiger partial charge in [0.25, 0.3) is 5.91 Å². The number of aromatic nitrogens is 1. The van der Waals surface area contributed by atoms with E-state index in [0.717, 1.165) is 17.3 Å². The Morgan fingerprint density at radius 3 is 2.38 bits per heavy atom. The first kappa shape index (κ1) is 21.1. The molecular weight excluding hydrogens is 360 g/mol. The summed E-state index contributed by atoms with van der Waals surface area (Å²) in [6, 6.07) is 13.3. The monoisotopic (exact) mass is 392 g/mol. The van der Waals surface area contributed by atoms with Crippen molar-refractivity contribution in [3.8, 4) is 11.5 Å². The molecule has 0 fully saturated rings. The van der Waals surface area contributed by atoms with Gasteiger partial charge in [0, 0.05) is 11.9 Å². The Morgan fingerprint density at radius 1 is 0.931 bits per heavy atom. The van der Waals surface area contributed by atoms with Crippen LogP contribution in [0, 0.1) is 0 Å². The molecule has 4 heteroatoms. The van der Waals surface area contributed by atoms with E-state index in [9.17, 15) is 4.79 Å². The second kappa shape index (κ2) is 11.4. The Bertz CT molecular complexity index is 887. The molecule has 0 aliphatic rings. The van der Waals surface area contributed by atoms with Crippen LogP contribution in [0.1, 0.15) is 75.1 Å². The average molecular weight is 393 g/mol. The number of carbonyl (C=O) groups is 1. The lowest BCUT2D eigenvalue weighted by Gasteiger charge is -2.10. The van der Waals surface area contributed by atoms with E-state index in [1.54, 1.807) is 6.26 Å². The van der Waals surface area contributed by atoms with E-state index in [4.69, 9.17) is 4.42 Å². The number of pyridine rings is 1. The van der Waals surface area contributed by atoms with Crippen LogP contribution in [-0.2, 0) is 0 Å². The number of para-hydroxylation sites is 1. The van der Waals surface area contributed by atoms with Gasteiger partial charge in [0.15, 0.2) is 5.76 Å². The molecule has 1 amide bonds. The minimum absolute atomic E-state index is 0.0454. The van der Waals surface area contributed by atoms with Gasteiger partial charge in [-0.25, -0.2) is 4.98 Å². The van der Waals surface area contributed by atoms with Crippen LogP contribution in [0.5, 0.6) is 0 Å². The van der Waals surface area contributed by atoms with Crippen LogP contribution in [0.4, 0.5) is 0 Å². The summed E-state index contributed by atoms with van der Waals surface area (Å²) in [4.78, 5) is 17.5. The summed E-state index contributed by atoms with van der Waals surface area (Å²) < 4.78 is 5.48. The number of amides is 1. The predicted octanol–water partition coefficient (Wildman–Crippen LogP) is 6.76. The summed E-state index contributed by atoms with van der Waals surface area (Å²) in [5.41, 5.74) is 2.13. The van der Waals surface area contributed by atoms with E-state index in [-0.39, 0.29) is 5.91 Å². The average Bonchev–Trinajstić information content (AvgIpc) is 3.29. The Kier molecular flexibility index (Phi) is 8.29. The maximum Gasteiger partial charge on any atom is 0.252 e. The van der Waals surface area contributed by atoms with E-state index in [0.29, 0.717) is 23.6 Å². The molecule has 0 bridgehead atoms. The highest BCUT2D eigenvalue weighted by Crippen LogP contribution is 2.25. The lowest BCUT2D eigenvalue weighted by molar-refractivity contribution is 0.0954. The number of carbonyl (C=O) groups excluding carboxylic acids is 1. The summed E-state index contributed by atoms with van der Waals surface area (Å²) in [7, 11) is 0. The maximum absolute atomic E-state index is 12.8. The van der Waals surface area contributed by atoms with E-state index in [1.165, 1.54) is 51.4 Å². The first-order valence-corrected chi connectivity index (χ1v) is 11.0. The van der Waals surface area contributed by atoms with E-state index >= 15 is 0 Å². The molecule has 0 spiro atoms. The highest BCUT2D eigenvalue weighted by molar-refractivity contribution is 6.07. The fraction of sp³-hybridized carbons (Fsp3) is 0.440. The van der Waals surface area contributed by atoms with Gasteiger partial charge in [0.1, 0.15) is 5.69 Å². The number of furan rings is 1. The number of nitrogens with one attached hydrogen (secondary N) is 1. The fourth-order valence-corrected chi connectivity index (χ4v) is 3.65. The Hall–Kier alpha value is -2.62. The van der Waals surface area contributed by atoms with Crippen molar-refractivity contribution in [2.75, 3.05) is 6.54 Å². The van der Waals surface area contributed by atoms with Crippen molar-refractivity contribution in [1.29, 1.82) is 0 Å². The zero-order chi connectivity index (χ0) is 20.3. The maximum atomic E-state index is 12.8. The number of hydrogen-bond donors (Lipinski definition) is 1. The van der Waals surface area contributed by atoms with Gasteiger partial charge in [-0.2, -0.15) is 0 Å². The molecule has 2 aromatic heterocycles. The first-order valence-electron chi connectivity index (χ1n) is 11.0. The molecule has 1 N–H and O–H groups in total. The van der Waals surface area contributed by atoms with Crippen molar-refractivity contribution >= 4 is 16.8 Å². The highest BCUT2D eigenvalue weighted by Gasteiger charge is 2.14. The molecular formula is C25H32N2O2. The van der Waals surface area contributed by atoms with Crippen LogP contribution >= 0.6 is 0 Å². The predicted molar refractivity (Wildman–Crippen MR) is 119 cm³/mol. The van der Waals surface area contributed by atoms with Crippen LogP contribution < -0.4 is 5.32 Å². The first-order chi connectivity index (χ1) is 14.3. The highest BCUT2D eigenvalue weighted by atomic mass is 16.3. The third-order valence-electron chi connectivity index (χ3n) is 5.30. The minimum Gasteiger partial charge on any atom is -0.463 e. The molecule has 0 saturated carbocycles. The Labute approximate surface area is 173 Å². The molecule has 0 saturated heterocycles. The van der Waals surface area contributed by atoms with Gasteiger partial charge < -0.3 is 9.73 Å². The summed E-state index contributed by atoms with van der Waals surface area (Å²) in [6.45, 7) is 2.96. The third-order valence-corrected chi connectivity index (χ3v) is 5.30. The van der Waals surface area contributed by atoms with E-state index in [2.05, 4.69) is 17.2 Å². The second-order valence-corrected chi connectivity index (χ2v) is 7.63. The van der Waals surface area contributed by atoms with Crippen molar-refractivity contribution in [3.63, 3.8) is 0 Å². The molecule has 0 aliphatic carbocycles. The van der Waals surface area contributed by atoms with Crippen molar-refractivity contribution in [2.24, 2.45) is 0 Å². The van der Waals surface area contributed by atoms with Crippen molar-refractivity contribution < 1.29 is 9.21 Å². The second-order valence-electron chi connectivity index (χ2n) is 7.63. The number of hydrogen-bond acceptors (Lipinski definition) is 3. The lowest BCUT2D eigenvalue weighted by atomic mass is 10.1. The lowest BCUT2D eigenvalue weighted by Crippen LogP contribution is -2.24. The molecule has 0 radical (unpaired) electrons. The third kappa shape index (κ3) is 6.18. The van der Waals surface area contributed by atoms with E-state index < -0.39 is 0 Å². The molecule has 154 valence electrons. The molecule has 29 heavy (non-hydrogen) atoms. The number of benzene rings is 1. The van der Waals surface area contributed by atoms with Crippen LogP contribution in [0.2, 0.25) is 0 Å². The standard InChI is InChI=1S/C25H32N2O2/c1-2-3-4-5-6-7-8-9-12-17-26-25(28)21-19-23(24-16-13-18-29-24)27-22-15-11-10-14-20(21)22/h10-11,13-16,18-19H,2-9,12,17H2,1H3,(H,26,28). The van der Waals surface area contributed by atoms with Crippen LogP contribution in [0.3, 0.4) is 0 Å². The minimum atomic E-state index is -0.0454. The molecule has 0 unspecified atom stereocenters. The SMILES string of the molecule is CCCCCCCCCCCNC(=O)c1cc(-c2ccco2)nc2ccccc12. The van der Waals surface area contributed by atoms with Crippen LogP contribution in [0.25, 0.3) is 22.4 Å². The molecule has 4 nitrogen and oxygen atoms in total. The number of unbranched alkanes of at least 4 members (excludes halogenated alkanes) is 8. The van der Waals surface area contributed by atoms with Gasteiger partial charge in [-0.15, -0.1) is 0 Å². The molecule has 0 atom stereocenters. The van der Waals surface area contributed by atoms with Gasteiger partial charge in [0.05, 0.1) is 17.3 Å². The van der Waals surface area contributed by atoms with Crippen molar-refractivity contribution in [3.05, 3.63) is 54.3 Å². The Morgan fingerprint density at radius 2 is 1.66 bits per heavy atom. The van der Waals surface area contributed by atoms with Crippen LogP contribution in [0.15, 0.2) is 53.1 Å². The van der Waals surface area contributed by atoms with Crippen molar-refractivity contribution in [2.45, 2.75) is 64.7 Å². The van der Waals surface area contributed by atoms with Gasteiger partial charge in [0.2, 0.25) is 0 Å². The summed E-state index contributed by atoms with van der Waals surface area (Å²) in [5, 5.41) is 3.95. The smallest absolute Gasteiger partial charge is 0.252 e. The zero-order valence-corrected chi connectivity index (χ0v) is 17.5. The quantitative estimate of drug-likeness (QED) is 0.347. The molecule has 3 rings (SSSR count). The van der Waals surface area contributed by atoms with E-state index in [1.807, 2.05) is 42.5 Å². The normalized spacial score (nSPS) is 11.1. The van der Waals surface area contributed by atoms with Gasteiger partial charge in [-0.3, -0.25) is 4.79 Å². The van der Waals surface area contributed by atoms with Gasteiger partial charge in [-0.1, -0.05) is 76.5 Å². The summed E-state index contributed by atoms with van der Waals surface area (Å²) in [5.74, 6) is 0.625. The van der Waals surface area contributed by atoms with Gasteiger partial charge >= 0.3 is 0 Å². The van der Waals surface area contributed by atoms with Crippen LogP contribution in [-0.4, -0.2) is 17.4 Å². The number of fused-ring (bicyclic) bond motifs is 1. The molecule has 0 aliphatic heterocycles. The number of rotatable bonds is 12. The topological polar surface area (TPSA) is 55.1 Å². The van der Waals surface area contributed by atoms with Gasteiger partial charge in [-0.05, 0) is 30.7 Å². The largest absolute Gasteiger partial charge is 0.463 e. The summed E-state index contributed by atoms with van der Waals surface area (Å²) >= 11 is 0. The fourth-order valence-electron chi connectivity index (χ4n) is 3.65. The molecule has 2 heterocycles. The van der Waals surface area contributed by atoms with Crippen molar-refractivity contribution in [1.82, 2.24) is 10.3 Å². The molecule has 1 aromatic carbocycles. The zero-order valence-electron chi connectivity index (χ0n) is 17.5. The summed E-state index contributed by atoms with van der Waals surface area (Å²) in [6.07, 6.45) is 13.1. The molecule has 3 aromatic rings. The Balaban J connectivity index is 1.51.